The molecule has 0 aliphatic heterocycles. The lowest BCUT2D eigenvalue weighted by Crippen LogP contribution is -1.97. The lowest BCUT2D eigenvalue weighted by atomic mass is 10.2. The Morgan fingerprint density at radius 2 is 2.11 bits per heavy atom. The first-order valence-electron chi connectivity index (χ1n) is 3.66. The maximum absolute atomic E-state index is 9.00. The van der Waals surface area contributed by atoms with Gasteiger partial charge < -0.3 is 5.11 Å². The Labute approximate surface area is 57.4 Å². The molecule has 1 nitrogen and oxygen atoms in total. The molecule has 0 saturated heterocycles. The number of allylic oxidation sites excluding steroid dienone is 1. The van der Waals surface area contributed by atoms with E-state index < -0.39 is 0 Å². The van der Waals surface area contributed by atoms with Crippen molar-refractivity contribution in [3.63, 3.8) is 0 Å². The van der Waals surface area contributed by atoms with Crippen LogP contribution in [0.15, 0.2) is 12.2 Å². The quantitative estimate of drug-likeness (QED) is 0.575. The summed E-state index contributed by atoms with van der Waals surface area (Å²) in [5.74, 6) is 0. The second kappa shape index (κ2) is 5.83. The van der Waals surface area contributed by atoms with Gasteiger partial charge >= 0.3 is 0 Å². The van der Waals surface area contributed by atoms with Gasteiger partial charge in [0, 0.05) is 0 Å². The highest BCUT2D eigenvalue weighted by molar-refractivity contribution is 4.87. The molecule has 0 bridgehead atoms. The summed E-state index contributed by atoms with van der Waals surface area (Å²) in [7, 11) is 0. The number of aliphatic hydroxyl groups excluding tert-OH is 1. The van der Waals surface area contributed by atoms with Crippen molar-refractivity contribution in [2.45, 2.75) is 39.2 Å². The van der Waals surface area contributed by atoms with Crippen molar-refractivity contribution in [2.24, 2.45) is 0 Å². The molecule has 0 fully saturated rings. The van der Waals surface area contributed by atoms with E-state index in [9.17, 15) is 0 Å². The molecular formula is C8H16O. The molecule has 0 rings (SSSR count). The number of unbranched alkanes of at least 4 members (excludes halogenated alkanes) is 1. The molecule has 54 valence electrons. The Bertz CT molecular complexity index is 76.6. The second-order valence-corrected chi connectivity index (χ2v) is 2.19. The fourth-order valence-corrected chi connectivity index (χ4v) is 0.556. The van der Waals surface area contributed by atoms with Crippen LogP contribution in [0.3, 0.4) is 0 Å². The van der Waals surface area contributed by atoms with Crippen LogP contribution in [0.1, 0.15) is 33.1 Å². The van der Waals surface area contributed by atoms with Gasteiger partial charge in [-0.05, 0) is 12.8 Å². The summed E-state index contributed by atoms with van der Waals surface area (Å²) in [6.45, 7) is 4.10. The summed E-state index contributed by atoms with van der Waals surface area (Å²) in [5, 5.41) is 9.00. The molecule has 0 unspecified atom stereocenters. The van der Waals surface area contributed by atoms with Gasteiger partial charge in [0.05, 0.1) is 6.10 Å². The average molecular weight is 128 g/mol. The summed E-state index contributed by atoms with van der Waals surface area (Å²) in [6.07, 6.45) is 6.73. The first-order valence-corrected chi connectivity index (χ1v) is 3.66. The maximum atomic E-state index is 9.00. The molecule has 0 heterocycles. The predicted octanol–water partition coefficient (Wildman–Crippen LogP) is 2.11. The zero-order valence-electron chi connectivity index (χ0n) is 6.30. The highest BCUT2D eigenvalue weighted by Gasteiger charge is 1.89. The molecule has 0 aliphatic rings. The van der Waals surface area contributed by atoms with Gasteiger partial charge in [-0.25, -0.2) is 0 Å². The molecule has 0 aromatic carbocycles. The van der Waals surface area contributed by atoms with E-state index in [2.05, 4.69) is 6.92 Å². The van der Waals surface area contributed by atoms with E-state index in [1.807, 2.05) is 19.1 Å². The van der Waals surface area contributed by atoms with Crippen LogP contribution >= 0.6 is 0 Å². The van der Waals surface area contributed by atoms with Crippen LogP contribution in [0.2, 0.25) is 0 Å². The zero-order chi connectivity index (χ0) is 7.11. The average Bonchev–Trinajstić information content (AvgIpc) is 1.89. The van der Waals surface area contributed by atoms with Crippen molar-refractivity contribution < 1.29 is 5.11 Å². The fraction of sp³-hybridized carbons (Fsp3) is 0.750. The molecule has 1 heteroatoms. The summed E-state index contributed by atoms with van der Waals surface area (Å²) < 4.78 is 0. The van der Waals surface area contributed by atoms with Gasteiger partial charge in [0.15, 0.2) is 0 Å². The molecule has 0 amide bonds. The molecule has 0 saturated carbocycles. The summed E-state index contributed by atoms with van der Waals surface area (Å²) in [5.41, 5.74) is 0. The van der Waals surface area contributed by atoms with Crippen LogP contribution in [0.25, 0.3) is 0 Å². The number of hydrogen-bond donors (Lipinski definition) is 1. The van der Waals surface area contributed by atoms with Gasteiger partial charge in [-0.15, -0.1) is 0 Å². The number of rotatable bonds is 4. The molecule has 9 heavy (non-hydrogen) atoms. The van der Waals surface area contributed by atoms with Gasteiger partial charge in [0.2, 0.25) is 0 Å². The van der Waals surface area contributed by atoms with Gasteiger partial charge in [-0.2, -0.15) is 0 Å². The molecule has 0 spiro atoms. The predicted molar refractivity (Wildman–Crippen MR) is 40.3 cm³/mol. The van der Waals surface area contributed by atoms with Crippen LogP contribution in [-0.4, -0.2) is 11.2 Å². The molecule has 1 N–H and O–H groups in total. The summed E-state index contributed by atoms with van der Waals surface area (Å²) in [4.78, 5) is 0. The minimum atomic E-state index is -0.225. The normalized spacial score (nSPS) is 14.6. The van der Waals surface area contributed by atoms with E-state index in [0.29, 0.717) is 0 Å². The third kappa shape index (κ3) is 5.57. The Balaban J connectivity index is 3.20. The largest absolute Gasteiger partial charge is 0.389 e. The lowest BCUT2D eigenvalue weighted by Gasteiger charge is -1.97. The van der Waals surface area contributed by atoms with E-state index in [1.54, 1.807) is 0 Å². The molecular weight excluding hydrogens is 112 g/mol. The smallest absolute Gasteiger partial charge is 0.0718 e. The standard InChI is InChI=1S/C8H16O/c1-3-5-6-7-8(9)4-2/h6-9H,3-5H2,1-2H3/b7-6-/t8-/m1/s1. The minimum absolute atomic E-state index is 0.225. The second-order valence-electron chi connectivity index (χ2n) is 2.19. The number of hydrogen-bond acceptors (Lipinski definition) is 1. The zero-order valence-corrected chi connectivity index (χ0v) is 6.30. The van der Waals surface area contributed by atoms with Gasteiger partial charge in [-0.1, -0.05) is 32.4 Å². The van der Waals surface area contributed by atoms with E-state index in [0.717, 1.165) is 19.3 Å². The van der Waals surface area contributed by atoms with Gasteiger partial charge in [0.1, 0.15) is 0 Å². The third-order valence-corrected chi connectivity index (χ3v) is 1.23. The van der Waals surface area contributed by atoms with Crippen LogP contribution in [-0.2, 0) is 0 Å². The molecule has 0 aromatic heterocycles. The monoisotopic (exact) mass is 128 g/mol. The van der Waals surface area contributed by atoms with Crippen LogP contribution in [0, 0.1) is 0 Å². The molecule has 0 radical (unpaired) electrons. The highest BCUT2D eigenvalue weighted by Crippen LogP contribution is 1.94. The van der Waals surface area contributed by atoms with Crippen molar-refractivity contribution in [1.29, 1.82) is 0 Å². The Morgan fingerprint density at radius 3 is 2.56 bits per heavy atom. The van der Waals surface area contributed by atoms with E-state index in [4.69, 9.17) is 5.11 Å². The Morgan fingerprint density at radius 1 is 1.44 bits per heavy atom. The van der Waals surface area contributed by atoms with Crippen molar-refractivity contribution in [3.8, 4) is 0 Å². The van der Waals surface area contributed by atoms with Gasteiger partial charge in [-0.3, -0.25) is 0 Å². The molecule has 0 aromatic rings. The van der Waals surface area contributed by atoms with Crippen LogP contribution in [0.4, 0.5) is 0 Å². The topological polar surface area (TPSA) is 20.2 Å². The summed E-state index contributed by atoms with van der Waals surface area (Å²) >= 11 is 0. The summed E-state index contributed by atoms with van der Waals surface area (Å²) in [6, 6.07) is 0. The lowest BCUT2D eigenvalue weighted by molar-refractivity contribution is 0.219. The van der Waals surface area contributed by atoms with E-state index in [1.165, 1.54) is 0 Å². The Kier molecular flexibility index (Phi) is 5.64. The fourth-order valence-electron chi connectivity index (χ4n) is 0.556. The van der Waals surface area contributed by atoms with Crippen molar-refractivity contribution >= 4 is 0 Å². The van der Waals surface area contributed by atoms with E-state index in [-0.39, 0.29) is 6.10 Å². The van der Waals surface area contributed by atoms with Crippen molar-refractivity contribution in [1.82, 2.24) is 0 Å². The first kappa shape index (κ1) is 8.70. The van der Waals surface area contributed by atoms with Crippen LogP contribution < -0.4 is 0 Å². The van der Waals surface area contributed by atoms with Crippen LogP contribution in [0.5, 0.6) is 0 Å². The van der Waals surface area contributed by atoms with Gasteiger partial charge in [0.25, 0.3) is 0 Å². The minimum Gasteiger partial charge on any atom is -0.389 e. The van der Waals surface area contributed by atoms with E-state index >= 15 is 0 Å². The van der Waals surface area contributed by atoms with Crippen molar-refractivity contribution in [3.05, 3.63) is 12.2 Å². The van der Waals surface area contributed by atoms with Crippen molar-refractivity contribution in [2.75, 3.05) is 0 Å². The highest BCUT2D eigenvalue weighted by atomic mass is 16.3. The first-order chi connectivity index (χ1) is 4.31. The Hall–Kier alpha value is -0.300. The maximum Gasteiger partial charge on any atom is 0.0718 e. The molecule has 0 aliphatic carbocycles. The third-order valence-electron chi connectivity index (χ3n) is 1.23. The number of aliphatic hydroxyl groups is 1. The molecule has 1 atom stereocenters. The SMILES string of the molecule is CCC/C=C\[C@H](O)CC.